The predicted octanol–water partition coefficient (Wildman–Crippen LogP) is 1.32. The van der Waals surface area contributed by atoms with Gasteiger partial charge in [-0.15, -0.1) is 0 Å². The highest BCUT2D eigenvalue weighted by molar-refractivity contribution is 6.28. The van der Waals surface area contributed by atoms with Crippen molar-refractivity contribution >= 4 is 17.6 Å². The number of ether oxygens (including phenoxy) is 2. The van der Waals surface area contributed by atoms with Crippen molar-refractivity contribution in [3.8, 4) is 5.75 Å². The number of aromatic nitrogens is 2. The molecule has 0 N–H and O–H groups in total. The molecule has 0 unspecified atom stereocenters. The molecule has 0 bridgehead atoms. The van der Waals surface area contributed by atoms with Gasteiger partial charge in [0.2, 0.25) is 5.28 Å². The number of hydrogen-bond acceptors (Lipinski definition) is 5. The first-order chi connectivity index (χ1) is 6.69. The molecule has 0 amide bonds. The van der Waals surface area contributed by atoms with Crippen LogP contribution in [0, 0.1) is 0 Å². The zero-order valence-corrected chi connectivity index (χ0v) is 8.54. The first-order valence-corrected chi connectivity index (χ1v) is 4.30. The summed E-state index contributed by atoms with van der Waals surface area (Å²) in [4.78, 5) is 18.7. The van der Waals surface area contributed by atoms with Gasteiger partial charge in [0.15, 0.2) is 11.4 Å². The van der Waals surface area contributed by atoms with Crippen molar-refractivity contribution in [3.05, 3.63) is 17.2 Å². The topological polar surface area (TPSA) is 61.3 Å². The van der Waals surface area contributed by atoms with Crippen molar-refractivity contribution in [1.29, 1.82) is 0 Å². The molecule has 0 saturated heterocycles. The molecular weight excluding hydrogens is 208 g/mol. The van der Waals surface area contributed by atoms with E-state index in [9.17, 15) is 4.79 Å². The molecule has 76 valence electrons. The average molecular weight is 217 g/mol. The third-order valence-corrected chi connectivity index (χ3v) is 1.60. The highest BCUT2D eigenvalue weighted by Gasteiger charge is 2.16. The van der Waals surface area contributed by atoms with Crippen molar-refractivity contribution in [2.24, 2.45) is 0 Å². The standard InChI is InChI=1S/C8H9ClN2O3/c1-3-14-7(12)6-5(13-2)4-10-8(9)11-6/h4H,3H2,1-2H3. The summed E-state index contributed by atoms with van der Waals surface area (Å²) in [6.45, 7) is 1.97. The summed E-state index contributed by atoms with van der Waals surface area (Å²) in [7, 11) is 1.41. The van der Waals surface area contributed by atoms with Crippen LogP contribution in [0.3, 0.4) is 0 Å². The lowest BCUT2D eigenvalue weighted by Gasteiger charge is -2.05. The normalized spacial score (nSPS) is 9.64. The van der Waals surface area contributed by atoms with E-state index in [1.807, 2.05) is 0 Å². The van der Waals surface area contributed by atoms with Crippen molar-refractivity contribution in [2.45, 2.75) is 6.92 Å². The Bertz CT molecular complexity index is 343. The van der Waals surface area contributed by atoms with Crippen molar-refractivity contribution in [3.63, 3.8) is 0 Å². The van der Waals surface area contributed by atoms with Gasteiger partial charge in [-0.05, 0) is 18.5 Å². The van der Waals surface area contributed by atoms with Crippen molar-refractivity contribution < 1.29 is 14.3 Å². The van der Waals surface area contributed by atoms with E-state index < -0.39 is 5.97 Å². The predicted molar refractivity (Wildman–Crippen MR) is 49.6 cm³/mol. The Morgan fingerprint density at radius 2 is 2.36 bits per heavy atom. The average Bonchev–Trinajstić information content (AvgIpc) is 2.18. The Labute approximate surface area is 86.0 Å². The molecule has 1 heterocycles. The van der Waals surface area contributed by atoms with Gasteiger partial charge in [0.05, 0.1) is 19.9 Å². The Morgan fingerprint density at radius 3 is 2.93 bits per heavy atom. The van der Waals surface area contributed by atoms with Crippen LogP contribution in [-0.2, 0) is 4.74 Å². The van der Waals surface area contributed by atoms with E-state index in [2.05, 4.69) is 9.97 Å². The van der Waals surface area contributed by atoms with Crippen molar-refractivity contribution in [2.75, 3.05) is 13.7 Å². The smallest absolute Gasteiger partial charge is 0.360 e. The molecule has 0 atom stereocenters. The molecule has 14 heavy (non-hydrogen) atoms. The Morgan fingerprint density at radius 1 is 1.64 bits per heavy atom. The number of carbonyl (C=O) groups excluding carboxylic acids is 1. The second-order valence-corrected chi connectivity index (χ2v) is 2.61. The summed E-state index contributed by atoms with van der Waals surface area (Å²) in [5, 5.41) is -0.0196. The molecule has 0 aromatic carbocycles. The molecular formula is C8H9ClN2O3. The minimum absolute atomic E-state index is 0.0196. The summed E-state index contributed by atoms with van der Waals surface area (Å²) in [6, 6.07) is 0. The largest absolute Gasteiger partial charge is 0.493 e. The molecule has 0 aliphatic rings. The van der Waals surface area contributed by atoms with Crippen LogP contribution in [0.25, 0.3) is 0 Å². The second kappa shape index (κ2) is 4.76. The van der Waals surface area contributed by atoms with E-state index in [1.54, 1.807) is 6.92 Å². The van der Waals surface area contributed by atoms with Gasteiger partial charge in [0, 0.05) is 0 Å². The SMILES string of the molecule is CCOC(=O)c1nc(Cl)ncc1OC. The lowest BCUT2D eigenvalue weighted by molar-refractivity contribution is 0.0515. The third kappa shape index (κ3) is 2.32. The summed E-state index contributed by atoms with van der Waals surface area (Å²) in [5.41, 5.74) is 0.0364. The highest BCUT2D eigenvalue weighted by Crippen LogP contribution is 2.17. The van der Waals surface area contributed by atoms with Crippen LogP contribution in [0.1, 0.15) is 17.4 Å². The Hall–Kier alpha value is -1.36. The fourth-order valence-corrected chi connectivity index (χ4v) is 0.978. The maximum atomic E-state index is 11.3. The number of esters is 1. The fourth-order valence-electron chi connectivity index (χ4n) is 0.844. The number of rotatable bonds is 3. The van der Waals surface area contributed by atoms with Gasteiger partial charge in [0.25, 0.3) is 0 Å². The van der Waals surface area contributed by atoms with Crippen LogP contribution in [-0.4, -0.2) is 29.7 Å². The van der Waals surface area contributed by atoms with Crippen molar-refractivity contribution in [1.82, 2.24) is 9.97 Å². The molecule has 6 heteroatoms. The van der Waals surface area contributed by atoms with Gasteiger partial charge in [-0.2, -0.15) is 0 Å². The minimum Gasteiger partial charge on any atom is -0.493 e. The van der Waals surface area contributed by atoms with E-state index in [-0.39, 0.29) is 23.3 Å². The van der Waals surface area contributed by atoms with Crippen LogP contribution in [0.15, 0.2) is 6.20 Å². The lowest BCUT2D eigenvalue weighted by atomic mass is 10.4. The molecule has 0 saturated carbocycles. The van der Waals surface area contributed by atoms with E-state index in [0.717, 1.165) is 0 Å². The molecule has 1 aromatic heterocycles. The summed E-state index contributed by atoms with van der Waals surface area (Å²) < 4.78 is 9.64. The van der Waals surface area contributed by atoms with E-state index in [0.29, 0.717) is 0 Å². The number of halogens is 1. The first-order valence-electron chi connectivity index (χ1n) is 3.92. The maximum absolute atomic E-state index is 11.3. The quantitative estimate of drug-likeness (QED) is 0.563. The summed E-state index contributed by atoms with van der Waals surface area (Å²) in [5.74, 6) is -0.332. The number of nitrogens with zero attached hydrogens (tertiary/aromatic N) is 2. The lowest BCUT2D eigenvalue weighted by Crippen LogP contribution is -2.09. The second-order valence-electron chi connectivity index (χ2n) is 2.28. The van der Waals surface area contributed by atoms with Gasteiger partial charge in [-0.3, -0.25) is 0 Å². The van der Waals surface area contributed by atoms with Crippen LogP contribution in [0.5, 0.6) is 5.75 Å². The van der Waals surface area contributed by atoms with E-state index in [1.165, 1.54) is 13.3 Å². The Balaban J connectivity index is 3.03. The van der Waals surface area contributed by atoms with Gasteiger partial charge in [-0.25, -0.2) is 14.8 Å². The third-order valence-electron chi connectivity index (χ3n) is 1.41. The molecule has 5 nitrogen and oxygen atoms in total. The monoisotopic (exact) mass is 216 g/mol. The van der Waals surface area contributed by atoms with E-state index in [4.69, 9.17) is 21.1 Å². The summed E-state index contributed by atoms with van der Waals surface area (Å²) in [6.07, 6.45) is 1.32. The molecule has 1 rings (SSSR count). The van der Waals surface area contributed by atoms with Crippen LogP contribution in [0.4, 0.5) is 0 Å². The number of hydrogen-bond donors (Lipinski definition) is 0. The fraction of sp³-hybridized carbons (Fsp3) is 0.375. The zero-order valence-electron chi connectivity index (χ0n) is 7.78. The van der Waals surface area contributed by atoms with Crippen LogP contribution >= 0.6 is 11.6 Å². The van der Waals surface area contributed by atoms with Crippen LogP contribution < -0.4 is 4.74 Å². The summed E-state index contributed by atoms with van der Waals surface area (Å²) >= 11 is 5.53. The molecule has 0 aliphatic heterocycles. The molecule has 0 fully saturated rings. The molecule has 1 aromatic rings. The van der Waals surface area contributed by atoms with Gasteiger partial charge in [-0.1, -0.05) is 0 Å². The van der Waals surface area contributed by atoms with Gasteiger partial charge < -0.3 is 9.47 Å². The minimum atomic E-state index is -0.575. The number of carbonyl (C=O) groups is 1. The molecule has 0 spiro atoms. The Kier molecular flexibility index (Phi) is 3.64. The van der Waals surface area contributed by atoms with Crippen LogP contribution in [0.2, 0.25) is 5.28 Å². The highest BCUT2D eigenvalue weighted by atomic mass is 35.5. The zero-order chi connectivity index (χ0) is 10.6. The number of methoxy groups -OCH3 is 1. The van der Waals surface area contributed by atoms with E-state index >= 15 is 0 Å². The maximum Gasteiger partial charge on any atom is 0.360 e. The molecule has 0 aliphatic carbocycles. The first kappa shape index (κ1) is 10.7. The van der Waals surface area contributed by atoms with Gasteiger partial charge in [0.1, 0.15) is 0 Å². The van der Waals surface area contributed by atoms with Gasteiger partial charge >= 0.3 is 5.97 Å². The molecule has 0 radical (unpaired) electrons.